The maximum absolute atomic E-state index is 11.4. The Balaban J connectivity index is 2.35. The van der Waals surface area contributed by atoms with Gasteiger partial charge in [0.25, 0.3) is 0 Å². The van der Waals surface area contributed by atoms with E-state index in [-0.39, 0.29) is 18.4 Å². The van der Waals surface area contributed by atoms with E-state index in [4.69, 9.17) is 9.15 Å². The number of benzene rings is 1. The molecule has 1 aromatic heterocycles. The van der Waals surface area contributed by atoms with Crippen LogP contribution in [0.3, 0.4) is 0 Å². The Kier molecular flexibility index (Phi) is 3.76. The van der Waals surface area contributed by atoms with E-state index in [0.29, 0.717) is 0 Å². The van der Waals surface area contributed by atoms with Gasteiger partial charge in [0, 0.05) is 4.47 Å². The Morgan fingerprint density at radius 2 is 2.22 bits per heavy atom. The molecule has 0 fully saturated rings. The number of hydrogen-bond acceptors (Lipinski definition) is 5. The Hall–Kier alpha value is -1.69. The molecule has 0 spiro atoms. The third kappa shape index (κ3) is 2.43. The molecule has 0 aliphatic carbocycles. The van der Waals surface area contributed by atoms with Gasteiger partial charge < -0.3 is 9.15 Å². The summed E-state index contributed by atoms with van der Waals surface area (Å²) in [4.78, 5) is 11.4. The molecule has 1 heterocycles. The zero-order valence-corrected chi connectivity index (χ0v) is 11.5. The van der Waals surface area contributed by atoms with Crippen LogP contribution >= 0.6 is 15.9 Å². The highest BCUT2D eigenvalue weighted by molar-refractivity contribution is 9.10. The molecule has 0 N–H and O–H groups in total. The van der Waals surface area contributed by atoms with Gasteiger partial charge >= 0.3 is 11.9 Å². The standard InChI is InChI=1S/C12H11BrN2O3/c1-3-17-12(16)11-15-14-10(18-11)8-6-4-5-7(2)9(8)13/h4-6H,3H2,1-2H3. The first-order valence-corrected chi connectivity index (χ1v) is 6.19. The number of carbonyl (C=O) groups excluding carboxylic acids is 1. The number of ether oxygens (including phenoxy) is 1. The minimum absolute atomic E-state index is 0.139. The summed E-state index contributed by atoms with van der Waals surface area (Å²) < 4.78 is 10.9. The summed E-state index contributed by atoms with van der Waals surface area (Å²) in [6.07, 6.45) is 0. The van der Waals surface area contributed by atoms with Crippen LogP contribution in [0.5, 0.6) is 0 Å². The van der Waals surface area contributed by atoms with Gasteiger partial charge in [-0.3, -0.25) is 0 Å². The van der Waals surface area contributed by atoms with E-state index in [0.717, 1.165) is 15.6 Å². The van der Waals surface area contributed by atoms with E-state index in [9.17, 15) is 4.79 Å². The highest BCUT2D eigenvalue weighted by Gasteiger charge is 2.18. The van der Waals surface area contributed by atoms with Crippen molar-refractivity contribution in [2.75, 3.05) is 6.61 Å². The summed E-state index contributed by atoms with van der Waals surface area (Å²) >= 11 is 3.45. The summed E-state index contributed by atoms with van der Waals surface area (Å²) in [7, 11) is 0. The molecule has 94 valence electrons. The summed E-state index contributed by atoms with van der Waals surface area (Å²) in [5, 5.41) is 7.51. The molecule has 0 saturated heterocycles. The fourth-order valence-corrected chi connectivity index (χ4v) is 1.85. The summed E-state index contributed by atoms with van der Waals surface area (Å²) in [5.41, 5.74) is 1.79. The minimum atomic E-state index is -0.611. The predicted molar refractivity (Wildman–Crippen MR) is 68.1 cm³/mol. The topological polar surface area (TPSA) is 65.2 Å². The molecule has 0 saturated carbocycles. The van der Waals surface area contributed by atoms with Crippen LogP contribution in [0, 0.1) is 6.92 Å². The molecule has 0 bridgehead atoms. The van der Waals surface area contributed by atoms with E-state index >= 15 is 0 Å². The summed E-state index contributed by atoms with van der Waals surface area (Å²) in [5.74, 6) is -0.464. The van der Waals surface area contributed by atoms with Crippen molar-refractivity contribution in [3.8, 4) is 11.5 Å². The van der Waals surface area contributed by atoms with E-state index in [1.807, 2.05) is 25.1 Å². The third-order valence-corrected chi connectivity index (χ3v) is 3.35. The Bertz CT molecular complexity index is 580. The number of aryl methyl sites for hydroxylation is 1. The number of hydrogen-bond donors (Lipinski definition) is 0. The van der Waals surface area contributed by atoms with Crippen molar-refractivity contribution in [1.29, 1.82) is 0 Å². The Morgan fingerprint density at radius 3 is 2.94 bits per heavy atom. The third-order valence-electron chi connectivity index (χ3n) is 2.30. The second-order valence-electron chi connectivity index (χ2n) is 3.57. The number of esters is 1. The normalized spacial score (nSPS) is 10.4. The first kappa shape index (κ1) is 12.8. The molecule has 0 unspecified atom stereocenters. The Morgan fingerprint density at radius 1 is 1.44 bits per heavy atom. The molecule has 0 radical (unpaired) electrons. The highest BCUT2D eigenvalue weighted by Crippen LogP contribution is 2.29. The van der Waals surface area contributed by atoms with Gasteiger partial charge in [-0.15, -0.1) is 10.2 Å². The molecule has 0 amide bonds. The van der Waals surface area contributed by atoms with Crippen molar-refractivity contribution < 1.29 is 13.9 Å². The second kappa shape index (κ2) is 5.30. The molecule has 0 aliphatic heterocycles. The van der Waals surface area contributed by atoms with Crippen LogP contribution in [0.25, 0.3) is 11.5 Å². The first-order chi connectivity index (χ1) is 8.63. The summed E-state index contributed by atoms with van der Waals surface area (Å²) in [6.45, 7) is 3.94. The monoisotopic (exact) mass is 310 g/mol. The molecule has 5 nitrogen and oxygen atoms in total. The smallest absolute Gasteiger partial charge is 0.396 e. The van der Waals surface area contributed by atoms with Crippen LogP contribution in [0.15, 0.2) is 27.1 Å². The van der Waals surface area contributed by atoms with Gasteiger partial charge in [-0.2, -0.15) is 0 Å². The van der Waals surface area contributed by atoms with Gasteiger partial charge in [0.05, 0.1) is 12.2 Å². The van der Waals surface area contributed by atoms with E-state index < -0.39 is 5.97 Å². The quantitative estimate of drug-likeness (QED) is 0.815. The second-order valence-corrected chi connectivity index (χ2v) is 4.36. The molecule has 18 heavy (non-hydrogen) atoms. The largest absolute Gasteiger partial charge is 0.459 e. The number of aromatic nitrogens is 2. The van der Waals surface area contributed by atoms with Crippen molar-refractivity contribution >= 4 is 21.9 Å². The maximum atomic E-state index is 11.4. The molecule has 1 aromatic carbocycles. The molecular formula is C12H11BrN2O3. The fourth-order valence-electron chi connectivity index (χ4n) is 1.42. The summed E-state index contributed by atoms with van der Waals surface area (Å²) in [6, 6.07) is 5.67. The molecule has 2 aromatic rings. The Labute approximate surface area is 112 Å². The van der Waals surface area contributed by atoms with Crippen LogP contribution in [-0.4, -0.2) is 22.8 Å². The molecular weight excluding hydrogens is 300 g/mol. The SMILES string of the molecule is CCOC(=O)c1nnc(-c2cccc(C)c2Br)o1. The first-order valence-electron chi connectivity index (χ1n) is 5.39. The van der Waals surface area contributed by atoms with Crippen molar-refractivity contribution in [2.24, 2.45) is 0 Å². The van der Waals surface area contributed by atoms with Gasteiger partial charge in [0.2, 0.25) is 5.89 Å². The average molecular weight is 311 g/mol. The van der Waals surface area contributed by atoms with Gasteiger partial charge in [0.1, 0.15) is 0 Å². The van der Waals surface area contributed by atoms with Crippen molar-refractivity contribution in [3.05, 3.63) is 34.1 Å². The number of nitrogens with zero attached hydrogens (tertiary/aromatic N) is 2. The van der Waals surface area contributed by atoms with E-state index in [1.54, 1.807) is 6.92 Å². The average Bonchev–Trinajstić information content (AvgIpc) is 2.82. The van der Waals surface area contributed by atoms with Crippen LogP contribution in [0.2, 0.25) is 0 Å². The van der Waals surface area contributed by atoms with Gasteiger partial charge in [-0.25, -0.2) is 4.79 Å². The molecule has 2 rings (SSSR count). The highest BCUT2D eigenvalue weighted by atomic mass is 79.9. The predicted octanol–water partition coefficient (Wildman–Crippen LogP) is 2.98. The maximum Gasteiger partial charge on any atom is 0.396 e. The molecule has 6 heteroatoms. The molecule has 0 aliphatic rings. The number of rotatable bonds is 3. The number of halogens is 1. The zero-order chi connectivity index (χ0) is 13.1. The van der Waals surface area contributed by atoms with E-state index in [2.05, 4.69) is 26.1 Å². The molecule has 0 atom stereocenters. The fraction of sp³-hybridized carbons (Fsp3) is 0.250. The lowest BCUT2D eigenvalue weighted by atomic mass is 10.1. The van der Waals surface area contributed by atoms with Crippen molar-refractivity contribution in [1.82, 2.24) is 10.2 Å². The van der Waals surface area contributed by atoms with Crippen molar-refractivity contribution in [3.63, 3.8) is 0 Å². The number of carbonyl (C=O) groups is 1. The lowest BCUT2D eigenvalue weighted by Gasteiger charge is -2.01. The van der Waals surface area contributed by atoms with Gasteiger partial charge in [0.15, 0.2) is 0 Å². The van der Waals surface area contributed by atoms with Crippen LogP contribution in [0.4, 0.5) is 0 Å². The lowest BCUT2D eigenvalue weighted by molar-refractivity contribution is 0.0481. The van der Waals surface area contributed by atoms with Gasteiger partial charge in [-0.05, 0) is 41.4 Å². The van der Waals surface area contributed by atoms with Crippen LogP contribution in [-0.2, 0) is 4.74 Å². The van der Waals surface area contributed by atoms with Crippen LogP contribution in [0.1, 0.15) is 23.2 Å². The van der Waals surface area contributed by atoms with Gasteiger partial charge in [-0.1, -0.05) is 12.1 Å². The zero-order valence-electron chi connectivity index (χ0n) is 9.94. The minimum Gasteiger partial charge on any atom is -0.459 e. The lowest BCUT2D eigenvalue weighted by Crippen LogP contribution is -2.04. The van der Waals surface area contributed by atoms with Crippen molar-refractivity contribution in [2.45, 2.75) is 13.8 Å². The van der Waals surface area contributed by atoms with E-state index in [1.165, 1.54) is 0 Å². The van der Waals surface area contributed by atoms with Crippen LogP contribution < -0.4 is 0 Å².